The number of anilines is 1. The summed E-state index contributed by atoms with van der Waals surface area (Å²) in [6.45, 7) is -0.177. The Hall–Kier alpha value is -2.05. The Kier molecular flexibility index (Phi) is 7.06. The third kappa shape index (κ3) is 4.92. The standard InChI is InChI=1S/C22H16Cl2IN3O4S/c23-15-3-8-18(24)20(10-15)33(31,32)27(13-14-2-1-9-26-12-14)19-11-21(29)28(22(19)30)17-6-4-16(25)5-7-17/h1-10,12,19H,11,13H2. The number of hydrogen-bond acceptors (Lipinski definition) is 5. The molecule has 0 saturated carbocycles. The topological polar surface area (TPSA) is 87.6 Å². The molecule has 1 atom stereocenters. The van der Waals surface area contributed by atoms with Gasteiger partial charge in [-0.3, -0.25) is 14.6 Å². The maximum Gasteiger partial charge on any atom is 0.252 e. The van der Waals surface area contributed by atoms with Crippen LogP contribution in [-0.4, -0.2) is 35.6 Å². The van der Waals surface area contributed by atoms with Crippen LogP contribution in [0.15, 0.2) is 71.9 Å². The van der Waals surface area contributed by atoms with Gasteiger partial charge in [-0.25, -0.2) is 13.3 Å². The van der Waals surface area contributed by atoms with E-state index in [-0.39, 0.29) is 27.9 Å². The fourth-order valence-electron chi connectivity index (χ4n) is 3.54. The minimum absolute atomic E-state index is 0.0400. The van der Waals surface area contributed by atoms with Crippen molar-refractivity contribution < 1.29 is 18.0 Å². The normalized spacial score (nSPS) is 16.6. The minimum Gasteiger partial charge on any atom is -0.274 e. The first-order chi connectivity index (χ1) is 15.7. The van der Waals surface area contributed by atoms with Gasteiger partial charge in [0.15, 0.2) is 0 Å². The summed E-state index contributed by atoms with van der Waals surface area (Å²) in [5.74, 6) is -1.12. The molecular weight excluding hydrogens is 600 g/mol. The van der Waals surface area contributed by atoms with Crippen molar-refractivity contribution in [1.82, 2.24) is 9.29 Å². The van der Waals surface area contributed by atoms with Gasteiger partial charge in [0, 0.05) is 27.5 Å². The van der Waals surface area contributed by atoms with Crippen molar-refractivity contribution in [3.05, 3.63) is 86.2 Å². The molecule has 1 aliphatic heterocycles. The van der Waals surface area contributed by atoms with Crippen LogP contribution < -0.4 is 4.90 Å². The van der Waals surface area contributed by atoms with Crippen LogP contribution >= 0.6 is 45.8 Å². The number of carbonyl (C=O) groups is 2. The summed E-state index contributed by atoms with van der Waals surface area (Å²) in [6, 6.07) is 13.0. The minimum atomic E-state index is -4.32. The van der Waals surface area contributed by atoms with Crippen LogP contribution in [0.5, 0.6) is 0 Å². The van der Waals surface area contributed by atoms with Crippen molar-refractivity contribution in [2.45, 2.75) is 23.9 Å². The highest BCUT2D eigenvalue weighted by Gasteiger charge is 2.47. The molecule has 11 heteroatoms. The second-order valence-corrected chi connectivity index (χ2v) is 11.2. The Bertz CT molecular complexity index is 1320. The van der Waals surface area contributed by atoms with E-state index in [9.17, 15) is 18.0 Å². The van der Waals surface area contributed by atoms with Gasteiger partial charge in [0.2, 0.25) is 15.9 Å². The number of sulfonamides is 1. The number of aromatic nitrogens is 1. The highest BCUT2D eigenvalue weighted by molar-refractivity contribution is 14.1. The maximum absolute atomic E-state index is 13.7. The molecule has 2 heterocycles. The molecule has 0 spiro atoms. The molecule has 0 radical (unpaired) electrons. The summed E-state index contributed by atoms with van der Waals surface area (Å²) in [7, 11) is -4.32. The van der Waals surface area contributed by atoms with E-state index in [1.165, 1.54) is 24.4 Å². The van der Waals surface area contributed by atoms with E-state index in [0.717, 1.165) is 12.8 Å². The van der Waals surface area contributed by atoms with Gasteiger partial charge < -0.3 is 0 Å². The van der Waals surface area contributed by atoms with Crippen molar-refractivity contribution in [3.8, 4) is 0 Å². The number of amides is 2. The average Bonchev–Trinajstić information content (AvgIpc) is 3.08. The first-order valence-corrected chi connectivity index (χ1v) is 12.9. The van der Waals surface area contributed by atoms with Gasteiger partial charge in [0.05, 0.1) is 17.1 Å². The lowest BCUT2D eigenvalue weighted by Gasteiger charge is -2.27. The van der Waals surface area contributed by atoms with Gasteiger partial charge in [0.25, 0.3) is 5.91 Å². The quantitative estimate of drug-likeness (QED) is 0.301. The van der Waals surface area contributed by atoms with Crippen LogP contribution in [0.1, 0.15) is 12.0 Å². The highest BCUT2D eigenvalue weighted by Crippen LogP contribution is 2.34. The van der Waals surface area contributed by atoms with Crippen molar-refractivity contribution >= 4 is 73.3 Å². The predicted octanol–water partition coefficient (Wildman–Crippen LogP) is 4.52. The largest absolute Gasteiger partial charge is 0.274 e. The number of hydrogen-bond donors (Lipinski definition) is 0. The van der Waals surface area contributed by atoms with Gasteiger partial charge in [0.1, 0.15) is 10.9 Å². The van der Waals surface area contributed by atoms with E-state index >= 15 is 0 Å². The van der Waals surface area contributed by atoms with E-state index in [1.54, 1.807) is 42.6 Å². The number of halogens is 3. The van der Waals surface area contributed by atoms with Gasteiger partial charge in [-0.1, -0.05) is 29.3 Å². The van der Waals surface area contributed by atoms with E-state index in [2.05, 4.69) is 27.6 Å². The van der Waals surface area contributed by atoms with Crippen molar-refractivity contribution in [2.75, 3.05) is 4.90 Å². The molecule has 0 aliphatic carbocycles. The van der Waals surface area contributed by atoms with Crippen LogP contribution in [0.2, 0.25) is 10.0 Å². The van der Waals surface area contributed by atoms with E-state index in [1.807, 2.05) is 0 Å². The smallest absolute Gasteiger partial charge is 0.252 e. The molecule has 0 N–H and O–H groups in total. The molecular formula is C22H16Cl2IN3O4S. The number of carbonyl (C=O) groups excluding carboxylic acids is 2. The van der Waals surface area contributed by atoms with Crippen LogP contribution in [0.3, 0.4) is 0 Å². The number of nitrogens with zero attached hydrogens (tertiary/aromatic N) is 3. The second kappa shape index (κ2) is 9.67. The average molecular weight is 616 g/mol. The fraction of sp³-hybridized carbons (Fsp3) is 0.136. The van der Waals surface area contributed by atoms with E-state index in [4.69, 9.17) is 23.2 Å². The van der Waals surface area contributed by atoms with Crippen molar-refractivity contribution in [1.29, 1.82) is 0 Å². The van der Waals surface area contributed by atoms with Crippen LogP contribution in [-0.2, 0) is 26.2 Å². The SMILES string of the molecule is O=C1CC(N(Cc2cccnc2)S(=O)(=O)c2cc(Cl)ccc2Cl)C(=O)N1c1ccc(I)cc1. The summed E-state index contributed by atoms with van der Waals surface area (Å²) < 4.78 is 29.4. The summed E-state index contributed by atoms with van der Waals surface area (Å²) in [6.07, 6.45) is 2.75. The summed E-state index contributed by atoms with van der Waals surface area (Å²) >= 11 is 14.3. The molecule has 2 aromatic carbocycles. The lowest BCUT2D eigenvalue weighted by Crippen LogP contribution is -2.45. The molecule has 3 aromatic rings. The Balaban J connectivity index is 1.78. The first kappa shape index (κ1) is 24.1. The third-order valence-electron chi connectivity index (χ3n) is 5.10. The van der Waals surface area contributed by atoms with E-state index in [0.29, 0.717) is 11.3 Å². The second-order valence-electron chi connectivity index (χ2n) is 7.25. The Morgan fingerprint density at radius 1 is 1.09 bits per heavy atom. The molecule has 0 bridgehead atoms. The molecule has 1 aliphatic rings. The molecule has 7 nitrogen and oxygen atoms in total. The Morgan fingerprint density at radius 2 is 1.82 bits per heavy atom. The monoisotopic (exact) mass is 615 g/mol. The number of rotatable bonds is 6. The lowest BCUT2D eigenvalue weighted by atomic mass is 10.2. The van der Waals surface area contributed by atoms with Gasteiger partial charge >= 0.3 is 0 Å². The van der Waals surface area contributed by atoms with Gasteiger partial charge in [-0.05, 0) is 76.7 Å². The van der Waals surface area contributed by atoms with E-state index < -0.39 is 27.9 Å². The van der Waals surface area contributed by atoms with Crippen LogP contribution in [0.4, 0.5) is 5.69 Å². The lowest BCUT2D eigenvalue weighted by molar-refractivity contribution is -0.122. The van der Waals surface area contributed by atoms with Crippen molar-refractivity contribution in [2.24, 2.45) is 0 Å². The fourth-order valence-corrected chi connectivity index (χ4v) is 6.21. The summed E-state index contributed by atoms with van der Waals surface area (Å²) in [5.41, 5.74) is 0.930. The molecule has 4 rings (SSSR count). The zero-order chi connectivity index (χ0) is 23.8. The van der Waals surface area contributed by atoms with Crippen molar-refractivity contribution in [3.63, 3.8) is 0 Å². The first-order valence-electron chi connectivity index (χ1n) is 9.66. The van der Waals surface area contributed by atoms with Crippen LogP contribution in [0.25, 0.3) is 0 Å². The maximum atomic E-state index is 13.7. The molecule has 33 heavy (non-hydrogen) atoms. The molecule has 1 saturated heterocycles. The highest BCUT2D eigenvalue weighted by atomic mass is 127. The van der Waals surface area contributed by atoms with Gasteiger partial charge in [-0.15, -0.1) is 0 Å². The van der Waals surface area contributed by atoms with Crippen LogP contribution in [0, 0.1) is 3.57 Å². The summed E-state index contributed by atoms with van der Waals surface area (Å²) in [4.78, 5) is 31.0. The zero-order valence-electron chi connectivity index (χ0n) is 16.9. The number of imide groups is 1. The molecule has 170 valence electrons. The van der Waals surface area contributed by atoms with Gasteiger partial charge in [-0.2, -0.15) is 4.31 Å². The molecule has 1 unspecified atom stereocenters. The Morgan fingerprint density at radius 3 is 2.48 bits per heavy atom. The molecule has 2 amide bonds. The molecule has 1 aromatic heterocycles. The summed E-state index contributed by atoms with van der Waals surface area (Å²) in [5, 5.41) is 0.135. The number of benzene rings is 2. The molecule has 1 fully saturated rings. The Labute approximate surface area is 214 Å². The third-order valence-corrected chi connectivity index (χ3v) is 8.39. The predicted molar refractivity (Wildman–Crippen MR) is 133 cm³/mol. The zero-order valence-corrected chi connectivity index (χ0v) is 21.3. The number of pyridine rings is 1.